The molecule has 0 N–H and O–H groups in total. The Morgan fingerprint density at radius 1 is 1.65 bits per heavy atom. The topological polar surface area (TPSA) is 93.2 Å². The van der Waals surface area contributed by atoms with Crippen molar-refractivity contribution in [2.45, 2.75) is 5.88 Å². The Morgan fingerprint density at radius 3 is 2.71 bits per heavy atom. The van der Waals surface area contributed by atoms with Crippen LogP contribution in [0.3, 0.4) is 0 Å². The molecule has 0 aliphatic rings. The zero-order valence-corrected chi connectivity index (χ0v) is 9.52. The van der Waals surface area contributed by atoms with E-state index in [1.807, 2.05) is 0 Å². The number of alkyl halides is 1. The maximum atomic E-state index is 11.3. The van der Waals surface area contributed by atoms with E-state index in [9.17, 15) is 14.9 Å². The molecular formula is C10H7ClN2O4. The fraction of sp³-hybridized carbons (Fsp3) is 0.200. The molecule has 88 valence electrons. The van der Waals surface area contributed by atoms with E-state index >= 15 is 0 Å². The molecule has 1 rings (SSSR count). The molecule has 7 heteroatoms. The van der Waals surface area contributed by atoms with Gasteiger partial charge in [0.05, 0.1) is 23.5 Å². The zero-order valence-electron chi connectivity index (χ0n) is 8.77. The average Bonchev–Trinajstić information content (AvgIpc) is 2.35. The number of carbonyl (C=O) groups excluding carboxylic acids is 1. The van der Waals surface area contributed by atoms with Crippen molar-refractivity contribution in [2.75, 3.05) is 7.11 Å². The zero-order chi connectivity index (χ0) is 13.0. The second kappa shape index (κ2) is 5.27. The minimum absolute atomic E-state index is 0.0605. The molecule has 0 amide bonds. The normalized spacial score (nSPS) is 9.47. The van der Waals surface area contributed by atoms with Crippen LogP contribution in [0.2, 0.25) is 0 Å². The van der Waals surface area contributed by atoms with Gasteiger partial charge in [0.1, 0.15) is 11.6 Å². The van der Waals surface area contributed by atoms with Crippen LogP contribution in [0.4, 0.5) is 5.69 Å². The first-order valence-corrected chi connectivity index (χ1v) is 4.94. The van der Waals surface area contributed by atoms with Crippen molar-refractivity contribution in [3.63, 3.8) is 0 Å². The minimum atomic E-state index is -0.697. The monoisotopic (exact) mass is 254 g/mol. The van der Waals surface area contributed by atoms with Gasteiger partial charge >= 0.3 is 5.97 Å². The molecule has 6 nitrogen and oxygen atoms in total. The van der Waals surface area contributed by atoms with E-state index in [0.717, 1.165) is 6.07 Å². The molecule has 1 aromatic rings. The molecule has 0 fully saturated rings. The summed E-state index contributed by atoms with van der Waals surface area (Å²) < 4.78 is 4.47. The molecule has 17 heavy (non-hydrogen) atoms. The van der Waals surface area contributed by atoms with Gasteiger partial charge in [-0.2, -0.15) is 5.26 Å². The van der Waals surface area contributed by atoms with Crippen molar-refractivity contribution in [1.82, 2.24) is 0 Å². The van der Waals surface area contributed by atoms with Crippen LogP contribution < -0.4 is 0 Å². The Kier molecular flexibility index (Phi) is 4.01. The molecule has 0 heterocycles. The summed E-state index contributed by atoms with van der Waals surface area (Å²) in [5.41, 5.74) is -0.426. The van der Waals surface area contributed by atoms with Gasteiger partial charge in [-0.3, -0.25) is 10.1 Å². The summed E-state index contributed by atoms with van der Waals surface area (Å²) in [6.07, 6.45) is 0. The van der Waals surface area contributed by atoms with Gasteiger partial charge in [-0.1, -0.05) is 0 Å². The van der Waals surface area contributed by atoms with E-state index in [-0.39, 0.29) is 28.3 Å². The van der Waals surface area contributed by atoms with Crippen molar-refractivity contribution in [3.05, 3.63) is 38.9 Å². The second-order valence-corrected chi connectivity index (χ2v) is 3.29. The van der Waals surface area contributed by atoms with E-state index in [1.54, 1.807) is 6.07 Å². The van der Waals surface area contributed by atoms with Crippen molar-refractivity contribution < 1.29 is 14.5 Å². The molecular weight excluding hydrogens is 248 g/mol. The number of benzene rings is 1. The molecule has 0 aliphatic heterocycles. The van der Waals surface area contributed by atoms with E-state index in [1.165, 1.54) is 13.2 Å². The lowest BCUT2D eigenvalue weighted by molar-refractivity contribution is -0.385. The number of hydrogen-bond donors (Lipinski definition) is 0. The van der Waals surface area contributed by atoms with Crippen LogP contribution in [0.15, 0.2) is 12.1 Å². The third-order valence-corrected chi connectivity index (χ3v) is 2.34. The van der Waals surface area contributed by atoms with Gasteiger partial charge in [-0.05, 0) is 12.1 Å². The molecule has 0 saturated heterocycles. The highest BCUT2D eigenvalue weighted by Crippen LogP contribution is 2.27. The molecule has 0 aromatic heterocycles. The maximum Gasteiger partial charge on any atom is 0.337 e. The van der Waals surface area contributed by atoms with Crippen molar-refractivity contribution >= 4 is 23.3 Å². The van der Waals surface area contributed by atoms with Crippen molar-refractivity contribution in [2.24, 2.45) is 0 Å². The predicted molar refractivity (Wildman–Crippen MR) is 58.7 cm³/mol. The summed E-state index contributed by atoms with van der Waals surface area (Å²) in [5, 5.41) is 19.6. The number of nitriles is 1. The highest BCUT2D eigenvalue weighted by atomic mass is 35.5. The van der Waals surface area contributed by atoms with Crippen LogP contribution in [0, 0.1) is 21.4 Å². The fourth-order valence-electron chi connectivity index (χ4n) is 1.33. The smallest absolute Gasteiger partial charge is 0.337 e. The largest absolute Gasteiger partial charge is 0.465 e. The molecule has 0 radical (unpaired) electrons. The number of nitro groups is 1. The molecule has 0 saturated carbocycles. The SMILES string of the molecule is COC(=O)c1cc(C#N)c([N+](=O)[O-])c(CCl)c1. The summed E-state index contributed by atoms with van der Waals surface area (Å²) in [4.78, 5) is 21.4. The third kappa shape index (κ3) is 2.52. The van der Waals surface area contributed by atoms with Gasteiger partial charge in [0.25, 0.3) is 5.69 Å². The fourth-order valence-corrected chi connectivity index (χ4v) is 1.54. The maximum absolute atomic E-state index is 11.3. The summed E-state index contributed by atoms with van der Waals surface area (Å²) in [6, 6.07) is 4.02. The number of carbonyl (C=O) groups is 1. The molecule has 0 atom stereocenters. The lowest BCUT2D eigenvalue weighted by Gasteiger charge is -2.04. The molecule has 0 spiro atoms. The second-order valence-electron chi connectivity index (χ2n) is 3.03. The van der Waals surface area contributed by atoms with Crippen LogP contribution in [-0.4, -0.2) is 18.0 Å². The lowest BCUT2D eigenvalue weighted by atomic mass is 10.0. The van der Waals surface area contributed by atoms with Gasteiger partial charge in [0.15, 0.2) is 0 Å². The first-order valence-electron chi connectivity index (χ1n) is 4.40. The predicted octanol–water partition coefficient (Wildman–Crippen LogP) is 1.99. The van der Waals surface area contributed by atoms with Crippen LogP contribution in [-0.2, 0) is 10.6 Å². The van der Waals surface area contributed by atoms with Gasteiger partial charge < -0.3 is 4.74 Å². The standard InChI is InChI=1S/C10H7ClN2O4/c1-17-10(14)6-2-7(4-11)9(13(15)16)8(3-6)5-12/h2-3H,4H2,1H3. The van der Waals surface area contributed by atoms with Crippen molar-refractivity contribution in [3.8, 4) is 6.07 Å². The Labute approximate surface area is 102 Å². The number of ether oxygens (including phenoxy) is 1. The Hall–Kier alpha value is -2.13. The highest BCUT2D eigenvalue weighted by molar-refractivity contribution is 6.17. The van der Waals surface area contributed by atoms with Gasteiger partial charge in [0, 0.05) is 5.56 Å². The quantitative estimate of drug-likeness (QED) is 0.356. The number of esters is 1. The molecule has 0 bridgehead atoms. The summed E-state index contributed by atoms with van der Waals surface area (Å²) in [5.74, 6) is -0.849. The van der Waals surface area contributed by atoms with Crippen LogP contribution in [0.5, 0.6) is 0 Å². The first kappa shape index (κ1) is 12.9. The summed E-state index contributed by atoms with van der Waals surface area (Å²) in [7, 11) is 1.18. The number of nitro benzene ring substituents is 1. The van der Waals surface area contributed by atoms with Gasteiger partial charge in [-0.15, -0.1) is 11.6 Å². The van der Waals surface area contributed by atoms with Gasteiger partial charge in [0.2, 0.25) is 0 Å². The number of halogens is 1. The van der Waals surface area contributed by atoms with E-state index < -0.39 is 10.9 Å². The van der Waals surface area contributed by atoms with Gasteiger partial charge in [-0.25, -0.2) is 4.79 Å². The first-order chi connectivity index (χ1) is 8.04. The van der Waals surface area contributed by atoms with E-state index in [0.29, 0.717) is 0 Å². The molecule has 1 aromatic carbocycles. The summed E-state index contributed by atoms with van der Waals surface area (Å²) >= 11 is 5.56. The lowest BCUT2D eigenvalue weighted by Crippen LogP contribution is -2.05. The van der Waals surface area contributed by atoms with E-state index in [4.69, 9.17) is 16.9 Å². The number of rotatable bonds is 3. The minimum Gasteiger partial charge on any atom is -0.465 e. The number of nitrogens with zero attached hydrogens (tertiary/aromatic N) is 2. The van der Waals surface area contributed by atoms with Crippen LogP contribution in [0.1, 0.15) is 21.5 Å². The highest BCUT2D eigenvalue weighted by Gasteiger charge is 2.22. The van der Waals surface area contributed by atoms with Crippen molar-refractivity contribution in [1.29, 1.82) is 5.26 Å². The Bertz CT molecular complexity index is 522. The Balaban J connectivity index is 3.51. The number of methoxy groups -OCH3 is 1. The van der Waals surface area contributed by atoms with Crippen LogP contribution >= 0.6 is 11.6 Å². The third-order valence-electron chi connectivity index (χ3n) is 2.06. The molecule has 0 aliphatic carbocycles. The Morgan fingerprint density at radius 2 is 2.29 bits per heavy atom. The average molecular weight is 255 g/mol. The van der Waals surface area contributed by atoms with Crippen LogP contribution in [0.25, 0.3) is 0 Å². The summed E-state index contributed by atoms with van der Waals surface area (Å²) in [6.45, 7) is 0. The van der Waals surface area contributed by atoms with E-state index in [2.05, 4.69) is 4.74 Å². The molecule has 0 unspecified atom stereocenters. The number of hydrogen-bond acceptors (Lipinski definition) is 5.